The minimum atomic E-state index is -4.56. The Kier molecular flexibility index (Phi) is 8.42. The first-order valence-electron chi connectivity index (χ1n) is 11.5. The molecule has 0 bridgehead atoms. The van der Waals surface area contributed by atoms with Crippen LogP contribution < -0.4 is 10.1 Å². The molecular weight excluding hydrogens is 487 g/mol. The summed E-state index contributed by atoms with van der Waals surface area (Å²) in [5.74, 6) is 0.488. The summed E-state index contributed by atoms with van der Waals surface area (Å²) < 4.78 is 45.2. The number of nitrogens with one attached hydrogen (secondary N) is 1. The largest absolute Gasteiger partial charge is 0.465 e. The Labute approximate surface area is 212 Å². The number of carboxylic acid groups (broad SMARTS) is 1. The topological polar surface area (TPSA) is 91.8 Å². The van der Waals surface area contributed by atoms with Crippen molar-refractivity contribution in [2.75, 3.05) is 5.32 Å². The van der Waals surface area contributed by atoms with E-state index in [0.717, 1.165) is 11.6 Å². The molecule has 196 valence electrons. The first kappa shape index (κ1) is 27.5. The van der Waals surface area contributed by atoms with E-state index in [0.29, 0.717) is 23.6 Å². The van der Waals surface area contributed by atoms with E-state index in [1.54, 1.807) is 57.2 Å². The van der Waals surface area contributed by atoms with E-state index in [-0.39, 0.29) is 18.7 Å². The number of pyridine rings is 1. The van der Waals surface area contributed by atoms with Crippen LogP contribution in [0, 0.1) is 0 Å². The molecule has 0 saturated heterocycles. The van der Waals surface area contributed by atoms with Gasteiger partial charge < -0.3 is 15.2 Å². The number of amides is 2. The number of carbonyl (C=O) groups excluding carboxylic acids is 1. The number of ether oxygens (including phenoxy) is 1. The molecule has 0 radical (unpaired) electrons. The molecule has 7 nitrogen and oxygen atoms in total. The summed E-state index contributed by atoms with van der Waals surface area (Å²) >= 11 is 0. The molecule has 0 aliphatic rings. The van der Waals surface area contributed by atoms with Gasteiger partial charge in [0.05, 0.1) is 23.5 Å². The van der Waals surface area contributed by atoms with E-state index in [1.165, 1.54) is 29.3 Å². The van der Waals surface area contributed by atoms with Crippen LogP contribution in [0.15, 0.2) is 66.9 Å². The number of hydrogen-bond acceptors (Lipinski definition) is 4. The molecule has 0 fully saturated rings. The molecule has 1 heterocycles. The molecule has 2 aromatic carbocycles. The van der Waals surface area contributed by atoms with Crippen LogP contribution >= 0.6 is 0 Å². The van der Waals surface area contributed by atoms with E-state index < -0.39 is 29.3 Å². The Morgan fingerprint density at radius 1 is 1.00 bits per heavy atom. The lowest BCUT2D eigenvalue weighted by atomic mass is 10.1. The Morgan fingerprint density at radius 2 is 1.68 bits per heavy atom. The van der Waals surface area contributed by atoms with Gasteiger partial charge in [0.2, 0.25) is 5.91 Å². The lowest BCUT2D eigenvalue weighted by Crippen LogP contribution is -2.44. The van der Waals surface area contributed by atoms with Crippen molar-refractivity contribution in [3.63, 3.8) is 0 Å². The zero-order valence-corrected chi connectivity index (χ0v) is 20.7. The molecule has 0 saturated carbocycles. The molecule has 0 unspecified atom stereocenters. The minimum Gasteiger partial charge on any atom is -0.465 e. The molecule has 2 amide bonds. The number of para-hydroxylation sites is 1. The molecule has 3 rings (SSSR count). The lowest BCUT2D eigenvalue weighted by Gasteiger charge is -2.32. The standard InChI is InChI=1S/C27H28F3N3O4/c1-26(2,3)33(25(35)36)17-19-16-21(14-15-31-19)37-20-11-8-18(9-12-20)10-13-24(34)32-23-7-5-4-6-22(23)27(28,29)30/h4-9,11-12,14-16H,10,13,17H2,1-3H3,(H,32,34)(H,35,36). The SMILES string of the molecule is CC(C)(C)N(Cc1cc(Oc2ccc(CCC(=O)Nc3ccccc3C(F)(F)F)cc2)ccn1)C(=O)O. The molecule has 10 heteroatoms. The average Bonchev–Trinajstić information content (AvgIpc) is 2.81. The van der Waals surface area contributed by atoms with Crippen molar-refractivity contribution in [3.05, 3.63) is 83.7 Å². The van der Waals surface area contributed by atoms with Crippen LogP contribution in [0.4, 0.5) is 23.7 Å². The van der Waals surface area contributed by atoms with Crippen LogP contribution in [0.1, 0.15) is 44.0 Å². The van der Waals surface area contributed by atoms with E-state index in [4.69, 9.17) is 4.74 Å². The molecule has 0 aliphatic heterocycles. The predicted molar refractivity (Wildman–Crippen MR) is 132 cm³/mol. The quantitative estimate of drug-likeness (QED) is 0.347. The second-order valence-electron chi connectivity index (χ2n) is 9.36. The highest BCUT2D eigenvalue weighted by molar-refractivity contribution is 5.91. The summed E-state index contributed by atoms with van der Waals surface area (Å²) in [6.45, 7) is 5.50. The molecule has 2 N–H and O–H groups in total. The smallest absolute Gasteiger partial charge is 0.418 e. The predicted octanol–water partition coefficient (Wildman–Crippen LogP) is 6.74. The summed E-state index contributed by atoms with van der Waals surface area (Å²) in [5.41, 5.74) is -0.416. The van der Waals surface area contributed by atoms with Gasteiger partial charge in [0, 0.05) is 24.2 Å². The highest BCUT2D eigenvalue weighted by Gasteiger charge is 2.33. The number of hydrogen-bond donors (Lipinski definition) is 2. The van der Waals surface area contributed by atoms with Crippen molar-refractivity contribution in [3.8, 4) is 11.5 Å². The van der Waals surface area contributed by atoms with Crippen molar-refractivity contribution >= 4 is 17.7 Å². The van der Waals surface area contributed by atoms with Crippen LogP contribution in [-0.2, 0) is 23.9 Å². The van der Waals surface area contributed by atoms with Crippen molar-refractivity contribution in [1.29, 1.82) is 0 Å². The summed E-state index contributed by atoms with van der Waals surface area (Å²) in [5, 5.41) is 11.8. The first-order chi connectivity index (χ1) is 17.3. The Balaban J connectivity index is 1.57. The number of aromatic nitrogens is 1. The number of nitrogens with zero attached hydrogens (tertiary/aromatic N) is 2. The summed E-state index contributed by atoms with van der Waals surface area (Å²) in [6.07, 6.45) is -3.73. The third-order valence-electron chi connectivity index (χ3n) is 5.46. The molecule has 1 aromatic heterocycles. The fourth-order valence-corrected chi connectivity index (χ4v) is 3.53. The summed E-state index contributed by atoms with van der Waals surface area (Å²) in [6, 6.07) is 15.1. The third-order valence-corrected chi connectivity index (χ3v) is 5.46. The molecule has 0 atom stereocenters. The summed E-state index contributed by atoms with van der Waals surface area (Å²) in [4.78, 5) is 29.4. The highest BCUT2D eigenvalue weighted by atomic mass is 19.4. The van der Waals surface area contributed by atoms with Gasteiger partial charge in [-0.2, -0.15) is 13.2 Å². The normalized spacial score (nSPS) is 11.6. The van der Waals surface area contributed by atoms with E-state index in [2.05, 4.69) is 10.3 Å². The van der Waals surface area contributed by atoms with Crippen LogP contribution in [-0.4, -0.2) is 32.5 Å². The van der Waals surface area contributed by atoms with Gasteiger partial charge in [-0.05, 0) is 63.1 Å². The fraction of sp³-hybridized carbons (Fsp3) is 0.296. The van der Waals surface area contributed by atoms with Crippen molar-refractivity contribution in [2.45, 2.75) is 51.9 Å². The number of alkyl halides is 3. The molecule has 0 spiro atoms. The Hall–Kier alpha value is -4.08. The zero-order chi connectivity index (χ0) is 27.2. The van der Waals surface area contributed by atoms with Crippen LogP contribution in [0.3, 0.4) is 0 Å². The van der Waals surface area contributed by atoms with E-state index in [9.17, 15) is 27.9 Å². The van der Waals surface area contributed by atoms with Gasteiger partial charge in [0.25, 0.3) is 0 Å². The zero-order valence-electron chi connectivity index (χ0n) is 20.7. The van der Waals surface area contributed by atoms with Gasteiger partial charge >= 0.3 is 12.3 Å². The monoisotopic (exact) mass is 515 g/mol. The van der Waals surface area contributed by atoms with Crippen molar-refractivity contribution < 1.29 is 32.6 Å². The van der Waals surface area contributed by atoms with E-state index >= 15 is 0 Å². The number of benzene rings is 2. The number of anilines is 1. The molecule has 37 heavy (non-hydrogen) atoms. The maximum atomic E-state index is 13.1. The second-order valence-corrected chi connectivity index (χ2v) is 9.36. The van der Waals surface area contributed by atoms with Gasteiger partial charge in [0.15, 0.2) is 0 Å². The number of rotatable bonds is 8. The minimum absolute atomic E-state index is 0.00790. The van der Waals surface area contributed by atoms with Crippen LogP contribution in [0.2, 0.25) is 0 Å². The molecular formula is C27H28F3N3O4. The highest BCUT2D eigenvalue weighted by Crippen LogP contribution is 2.34. The lowest BCUT2D eigenvalue weighted by molar-refractivity contribution is -0.137. The first-order valence-corrected chi connectivity index (χ1v) is 11.5. The number of halogens is 3. The number of aryl methyl sites for hydroxylation is 1. The second kappa shape index (κ2) is 11.3. The van der Waals surface area contributed by atoms with Crippen molar-refractivity contribution in [1.82, 2.24) is 9.88 Å². The van der Waals surface area contributed by atoms with E-state index in [1.807, 2.05) is 0 Å². The summed E-state index contributed by atoms with van der Waals surface area (Å²) in [7, 11) is 0. The molecule has 3 aromatic rings. The van der Waals surface area contributed by atoms with Gasteiger partial charge in [-0.25, -0.2) is 4.79 Å². The maximum absolute atomic E-state index is 13.1. The maximum Gasteiger partial charge on any atom is 0.418 e. The number of carbonyl (C=O) groups is 2. The van der Waals surface area contributed by atoms with Gasteiger partial charge in [-0.3, -0.25) is 14.7 Å². The van der Waals surface area contributed by atoms with Gasteiger partial charge in [-0.1, -0.05) is 24.3 Å². The van der Waals surface area contributed by atoms with Gasteiger partial charge in [-0.15, -0.1) is 0 Å². The van der Waals surface area contributed by atoms with Gasteiger partial charge in [0.1, 0.15) is 11.5 Å². The van der Waals surface area contributed by atoms with Crippen molar-refractivity contribution in [2.24, 2.45) is 0 Å². The van der Waals surface area contributed by atoms with Crippen LogP contribution in [0.25, 0.3) is 0 Å². The fourth-order valence-electron chi connectivity index (χ4n) is 3.53. The molecule has 0 aliphatic carbocycles. The van der Waals surface area contributed by atoms with Crippen LogP contribution in [0.5, 0.6) is 11.5 Å². The average molecular weight is 516 g/mol. The Bertz CT molecular complexity index is 1240. The Morgan fingerprint density at radius 3 is 2.30 bits per heavy atom. The third kappa shape index (κ3) is 7.96.